The minimum Gasteiger partial charge on any atom is -0.0730 e. The third-order valence-corrected chi connectivity index (χ3v) is 8.17. The molecule has 0 nitrogen and oxygen atoms in total. The van der Waals surface area contributed by atoms with E-state index in [4.69, 9.17) is 11.2 Å². The predicted octanol–water partition coefficient (Wildman–Crippen LogP) is 3.96. The minimum absolute atomic E-state index is 0.00772. The largest absolute Gasteiger partial charge is 0.0730 e. The highest BCUT2D eigenvalue weighted by atomic mass is 33.7. The second-order valence-corrected chi connectivity index (χ2v) is 13.7. The highest BCUT2D eigenvalue weighted by Crippen LogP contribution is 2.38. The molecule has 0 saturated heterocycles. The van der Waals surface area contributed by atoms with Gasteiger partial charge in [0.25, 0.3) is 0 Å². The molecule has 4 heteroatoms. The molecule has 0 rings (SSSR count). The number of hydrogen-bond acceptors (Lipinski definition) is 3. The van der Waals surface area contributed by atoms with Crippen molar-refractivity contribution in [3.63, 3.8) is 0 Å². The molecule has 0 radical (unpaired) electrons. The number of rotatable bonds is 2. The molecule has 0 unspecified atom stereocenters. The van der Waals surface area contributed by atoms with Gasteiger partial charge in [-0.25, -0.2) is 0 Å². The first kappa shape index (κ1) is 13.3. The Hall–Kier alpha value is 1.27. The fourth-order valence-electron chi connectivity index (χ4n) is 0.425. The van der Waals surface area contributed by atoms with Gasteiger partial charge >= 0.3 is 0 Å². The SMILES string of the molecule is CC(C)(C)SS(=S)SC(C)(C)C. The van der Waals surface area contributed by atoms with E-state index in [1.54, 1.807) is 0 Å². The van der Waals surface area contributed by atoms with Gasteiger partial charge in [0.1, 0.15) is 0 Å². The first-order valence-corrected chi connectivity index (χ1v) is 8.72. The summed E-state index contributed by atoms with van der Waals surface area (Å²) in [7, 11) is 3.79. The summed E-state index contributed by atoms with van der Waals surface area (Å²) in [4.78, 5) is 0. The van der Waals surface area contributed by atoms with Gasteiger partial charge < -0.3 is 0 Å². The number of hydrogen-bond donors (Lipinski definition) is 0. The molecule has 0 spiro atoms. The third-order valence-electron chi connectivity index (χ3n) is 0.636. The Morgan fingerprint density at radius 1 is 0.833 bits per heavy atom. The van der Waals surface area contributed by atoms with Gasteiger partial charge in [-0.2, -0.15) is 0 Å². The molecule has 0 aliphatic rings. The summed E-state index contributed by atoms with van der Waals surface area (Å²) < 4.78 is 0.590. The van der Waals surface area contributed by atoms with E-state index >= 15 is 0 Å². The second-order valence-electron chi connectivity index (χ2n) is 4.60. The Balaban J connectivity index is 3.92. The molecule has 0 aliphatic heterocycles. The molecule has 12 heavy (non-hydrogen) atoms. The topological polar surface area (TPSA) is 0 Å². The van der Waals surface area contributed by atoms with Crippen molar-refractivity contribution in [1.29, 1.82) is 0 Å². The molecule has 0 bridgehead atoms. The molecular formula is C8H18S4. The summed E-state index contributed by atoms with van der Waals surface area (Å²) >= 11 is 5.39. The van der Waals surface area contributed by atoms with Crippen LogP contribution in [0.15, 0.2) is 0 Å². The van der Waals surface area contributed by atoms with E-state index in [0.717, 1.165) is 0 Å². The fraction of sp³-hybridized carbons (Fsp3) is 1.00. The van der Waals surface area contributed by atoms with Crippen LogP contribution in [-0.2, 0) is 18.7 Å². The van der Waals surface area contributed by atoms with Crippen LogP contribution in [0.3, 0.4) is 0 Å². The van der Waals surface area contributed by atoms with Crippen molar-refractivity contribution >= 4 is 40.3 Å². The lowest BCUT2D eigenvalue weighted by atomic mass is 10.3. The van der Waals surface area contributed by atoms with Gasteiger partial charge in [-0.3, -0.25) is 0 Å². The molecule has 0 saturated carbocycles. The lowest BCUT2D eigenvalue weighted by molar-refractivity contribution is 0.809. The minimum atomic E-state index is 0.00772. The molecule has 74 valence electrons. The quantitative estimate of drug-likeness (QED) is 0.673. The van der Waals surface area contributed by atoms with E-state index in [9.17, 15) is 0 Å². The molecular weight excluding hydrogens is 224 g/mol. The van der Waals surface area contributed by atoms with Crippen molar-refractivity contribution in [2.75, 3.05) is 0 Å². The molecule has 0 aromatic heterocycles. The standard InChI is InChI=1S/C8H18S4/c1-7(2,3)10-12(9)11-8(4,5)6/h1-6H3. The molecule has 0 amide bonds. The normalized spacial score (nSPS) is 13.9. The van der Waals surface area contributed by atoms with E-state index in [1.807, 2.05) is 21.6 Å². The fourth-order valence-corrected chi connectivity index (χ4v) is 11.5. The Morgan fingerprint density at radius 2 is 1.08 bits per heavy atom. The molecule has 0 aromatic carbocycles. The van der Waals surface area contributed by atoms with Gasteiger partial charge in [-0.05, 0) is 18.7 Å². The lowest BCUT2D eigenvalue weighted by Crippen LogP contribution is -2.12. The molecule has 0 aromatic rings. The molecule has 0 aliphatic carbocycles. The summed E-state index contributed by atoms with van der Waals surface area (Å²) in [5.74, 6) is 0. The van der Waals surface area contributed by atoms with Crippen molar-refractivity contribution < 1.29 is 0 Å². The van der Waals surface area contributed by atoms with Crippen molar-refractivity contribution in [3.05, 3.63) is 0 Å². The first-order chi connectivity index (χ1) is 5.10. The highest BCUT2D eigenvalue weighted by Gasteiger charge is 2.19. The Labute approximate surface area is 91.0 Å². The molecule has 0 heterocycles. The lowest BCUT2D eigenvalue weighted by Gasteiger charge is -2.23. The molecule has 0 N–H and O–H groups in total. The zero-order valence-electron chi connectivity index (χ0n) is 8.63. The van der Waals surface area contributed by atoms with Crippen LogP contribution in [0.4, 0.5) is 0 Å². The first-order valence-electron chi connectivity index (χ1n) is 3.91. The van der Waals surface area contributed by atoms with Crippen LogP contribution >= 0.6 is 21.6 Å². The third kappa shape index (κ3) is 9.36. The average molecular weight is 242 g/mol. The smallest absolute Gasteiger partial charge is 0.0190 e. The molecule has 0 fully saturated rings. The van der Waals surface area contributed by atoms with Crippen molar-refractivity contribution in [2.45, 2.75) is 51.0 Å². The Kier molecular flexibility index (Phi) is 5.16. The van der Waals surface area contributed by atoms with Gasteiger partial charge in [0.2, 0.25) is 0 Å². The van der Waals surface area contributed by atoms with Crippen LogP contribution in [0.5, 0.6) is 0 Å². The summed E-state index contributed by atoms with van der Waals surface area (Å²) in [6.07, 6.45) is 0. The van der Waals surface area contributed by atoms with Crippen LogP contribution in [0.2, 0.25) is 0 Å². The van der Waals surface area contributed by atoms with E-state index in [0.29, 0.717) is 9.49 Å². The van der Waals surface area contributed by atoms with E-state index < -0.39 is 0 Å². The van der Waals surface area contributed by atoms with Crippen LogP contribution in [0.25, 0.3) is 0 Å². The maximum Gasteiger partial charge on any atom is 0.0190 e. The van der Waals surface area contributed by atoms with Crippen molar-refractivity contribution in [2.24, 2.45) is 0 Å². The van der Waals surface area contributed by atoms with Crippen molar-refractivity contribution in [1.82, 2.24) is 0 Å². The average Bonchev–Trinajstić information content (AvgIpc) is 1.49. The van der Waals surface area contributed by atoms with Crippen LogP contribution in [0, 0.1) is 0 Å². The maximum atomic E-state index is 5.39. The van der Waals surface area contributed by atoms with Gasteiger partial charge in [0.15, 0.2) is 0 Å². The maximum absolute atomic E-state index is 5.39. The summed E-state index contributed by atoms with van der Waals surface area (Å²) in [5.41, 5.74) is 0. The van der Waals surface area contributed by atoms with Crippen LogP contribution < -0.4 is 0 Å². The van der Waals surface area contributed by atoms with E-state index in [-0.39, 0.29) is 7.52 Å². The Bertz CT molecular complexity index is 143. The van der Waals surface area contributed by atoms with Gasteiger partial charge in [-0.15, -0.1) is 0 Å². The summed E-state index contributed by atoms with van der Waals surface area (Å²) in [6, 6.07) is 0. The van der Waals surface area contributed by atoms with Crippen LogP contribution in [-0.4, -0.2) is 9.49 Å². The van der Waals surface area contributed by atoms with Crippen molar-refractivity contribution in [3.8, 4) is 0 Å². The Morgan fingerprint density at radius 3 is 1.25 bits per heavy atom. The van der Waals surface area contributed by atoms with E-state index in [1.165, 1.54) is 0 Å². The summed E-state index contributed by atoms with van der Waals surface area (Å²) in [5, 5.41) is 0. The summed E-state index contributed by atoms with van der Waals surface area (Å²) in [6.45, 7) is 13.3. The molecule has 0 atom stereocenters. The highest BCUT2D eigenvalue weighted by molar-refractivity contribution is 9.12. The van der Waals surface area contributed by atoms with E-state index in [2.05, 4.69) is 41.5 Å². The second kappa shape index (κ2) is 4.67. The monoisotopic (exact) mass is 242 g/mol. The zero-order valence-corrected chi connectivity index (χ0v) is 11.9. The van der Waals surface area contributed by atoms with Gasteiger partial charge in [0.05, 0.1) is 0 Å². The van der Waals surface area contributed by atoms with Gasteiger partial charge in [-0.1, -0.05) is 63.1 Å². The zero-order chi connectivity index (χ0) is 9.99. The van der Waals surface area contributed by atoms with Gasteiger partial charge in [0, 0.05) is 9.49 Å². The predicted molar refractivity (Wildman–Crippen MR) is 69.4 cm³/mol. The van der Waals surface area contributed by atoms with Crippen LogP contribution in [0.1, 0.15) is 41.5 Å².